The topological polar surface area (TPSA) is 54.5 Å². The van der Waals surface area contributed by atoms with Gasteiger partial charge in [-0.2, -0.15) is 13.2 Å². The number of benzene rings is 3. The van der Waals surface area contributed by atoms with Gasteiger partial charge in [0.15, 0.2) is 5.78 Å². The fourth-order valence-corrected chi connectivity index (χ4v) is 5.56. The van der Waals surface area contributed by atoms with Crippen molar-refractivity contribution >= 4 is 21.5 Å². The van der Waals surface area contributed by atoms with Crippen LogP contribution < -0.4 is 4.31 Å². The van der Waals surface area contributed by atoms with E-state index in [4.69, 9.17) is 0 Å². The Morgan fingerprint density at radius 1 is 0.906 bits per heavy atom. The summed E-state index contributed by atoms with van der Waals surface area (Å²) in [4.78, 5) is 13.1. The van der Waals surface area contributed by atoms with Crippen LogP contribution in [0.4, 0.5) is 23.2 Å². The van der Waals surface area contributed by atoms with Gasteiger partial charge in [-0.15, -0.1) is 0 Å². The molecule has 1 heterocycles. The quantitative estimate of drug-likeness (QED) is 0.393. The number of rotatable bonds is 4. The fourth-order valence-electron chi connectivity index (χ4n) is 3.91. The van der Waals surface area contributed by atoms with E-state index in [1.165, 1.54) is 48.5 Å². The summed E-state index contributed by atoms with van der Waals surface area (Å²) in [6.45, 7) is 1.74. The van der Waals surface area contributed by atoms with Crippen molar-refractivity contribution in [3.8, 4) is 0 Å². The first-order chi connectivity index (χ1) is 15.0. The molecule has 3 aromatic rings. The lowest BCUT2D eigenvalue weighted by Crippen LogP contribution is -2.47. The number of alkyl halides is 3. The van der Waals surface area contributed by atoms with Crippen LogP contribution in [0, 0.1) is 12.7 Å². The van der Waals surface area contributed by atoms with E-state index in [9.17, 15) is 30.8 Å². The molecule has 9 heteroatoms. The summed E-state index contributed by atoms with van der Waals surface area (Å²) in [6, 6.07) is 12.7. The van der Waals surface area contributed by atoms with Crippen LogP contribution in [0.25, 0.3) is 0 Å². The summed E-state index contributed by atoms with van der Waals surface area (Å²) in [6.07, 6.45) is -4.91. The summed E-state index contributed by atoms with van der Waals surface area (Å²) in [5.74, 6) is -4.12. The standard InChI is InChI=1S/C23H17F4NO3S/c1-14-6-12-17(13-7-14)32(30,31)28-19-5-3-2-4-18(19)20(23(25,26)27)21(28)22(29)15-8-10-16(24)11-9-15/h2-13,20-21H,1H3/t20-,21-/m1/s1. The predicted molar refractivity (Wildman–Crippen MR) is 111 cm³/mol. The van der Waals surface area contributed by atoms with E-state index in [-0.39, 0.29) is 21.7 Å². The van der Waals surface area contributed by atoms with Gasteiger partial charge < -0.3 is 0 Å². The third-order valence-corrected chi connectivity index (χ3v) is 7.22. The zero-order chi connectivity index (χ0) is 23.3. The molecule has 0 saturated carbocycles. The number of carbonyl (C=O) groups is 1. The van der Waals surface area contributed by atoms with Crippen LogP contribution in [0.2, 0.25) is 0 Å². The van der Waals surface area contributed by atoms with Crippen molar-refractivity contribution in [2.24, 2.45) is 0 Å². The maximum Gasteiger partial charge on any atom is 0.398 e. The molecule has 0 aromatic heterocycles. The molecule has 0 aliphatic carbocycles. The number of carbonyl (C=O) groups excluding carboxylic acids is 1. The van der Waals surface area contributed by atoms with Gasteiger partial charge in [0.05, 0.1) is 10.6 Å². The second-order valence-electron chi connectivity index (χ2n) is 7.51. The molecule has 32 heavy (non-hydrogen) atoms. The van der Waals surface area contributed by atoms with Gasteiger partial charge in [-0.3, -0.25) is 9.10 Å². The first kappa shape index (κ1) is 22.0. The van der Waals surface area contributed by atoms with Crippen molar-refractivity contribution in [1.29, 1.82) is 0 Å². The van der Waals surface area contributed by atoms with Crippen molar-refractivity contribution in [2.75, 3.05) is 4.31 Å². The Hall–Kier alpha value is -3.20. The smallest absolute Gasteiger partial charge is 0.292 e. The first-order valence-electron chi connectivity index (χ1n) is 9.58. The van der Waals surface area contributed by atoms with Crippen molar-refractivity contribution in [3.05, 3.63) is 95.3 Å². The Kier molecular flexibility index (Phi) is 5.32. The van der Waals surface area contributed by atoms with Crippen LogP contribution in [0.15, 0.2) is 77.7 Å². The third kappa shape index (κ3) is 3.66. The second-order valence-corrected chi connectivity index (χ2v) is 9.32. The number of sulfonamides is 1. The Labute approximate surface area is 182 Å². The highest BCUT2D eigenvalue weighted by molar-refractivity contribution is 7.93. The number of hydrogen-bond acceptors (Lipinski definition) is 3. The molecule has 0 N–H and O–H groups in total. The molecule has 4 rings (SSSR count). The molecule has 0 amide bonds. The van der Waals surface area contributed by atoms with Gasteiger partial charge >= 0.3 is 6.18 Å². The van der Waals surface area contributed by atoms with Gasteiger partial charge in [0.1, 0.15) is 17.8 Å². The molecule has 0 saturated heterocycles. The van der Waals surface area contributed by atoms with Crippen LogP contribution in [0.5, 0.6) is 0 Å². The normalized spacial score (nSPS) is 18.5. The Balaban J connectivity index is 1.95. The lowest BCUT2D eigenvalue weighted by molar-refractivity contribution is -0.150. The van der Waals surface area contributed by atoms with E-state index in [1.54, 1.807) is 6.92 Å². The molecule has 4 nitrogen and oxygen atoms in total. The molecule has 0 spiro atoms. The minimum absolute atomic E-state index is 0.212. The highest BCUT2D eigenvalue weighted by Crippen LogP contribution is 2.51. The molecule has 3 aromatic carbocycles. The average molecular weight is 463 g/mol. The number of anilines is 1. The van der Waals surface area contributed by atoms with Gasteiger partial charge in [-0.25, -0.2) is 12.8 Å². The lowest BCUT2D eigenvalue weighted by atomic mass is 9.89. The largest absolute Gasteiger partial charge is 0.398 e. The summed E-state index contributed by atoms with van der Waals surface area (Å²) in [7, 11) is -4.53. The number of fused-ring (bicyclic) bond motifs is 1. The number of Topliss-reactive ketones (excluding diaryl/α,β-unsaturated/α-hetero) is 1. The van der Waals surface area contributed by atoms with E-state index >= 15 is 0 Å². The van der Waals surface area contributed by atoms with Gasteiger partial charge in [-0.1, -0.05) is 35.9 Å². The van der Waals surface area contributed by atoms with Crippen LogP contribution in [0.1, 0.15) is 27.4 Å². The van der Waals surface area contributed by atoms with Crippen molar-refractivity contribution in [3.63, 3.8) is 0 Å². The van der Waals surface area contributed by atoms with E-state index in [0.717, 1.165) is 29.8 Å². The fraction of sp³-hybridized carbons (Fsp3) is 0.174. The van der Waals surface area contributed by atoms with Crippen molar-refractivity contribution in [2.45, 2.75) is 30.0 Å². The van der Waals surface area contributed by atoms with Crippen molar-refractivity contribution < 1.29 is 30.8 Å². The van der Waals surface area contributed by atoms with Gasteiger partial charge in [0.2, 0.25) is 0 Å². The number of para-hydroxylation sites is 1. The third-order valence-electron chi connectivity index (χ3n) is 5.41. The van der Waals surface area contributed by atoms with Crippen molar-refractivity contribution in [1.82, 2.24) is 0 Å². The second kappa shape index (κ2) is 7.74. The molecule has 1 aliphatic rings. The summed E-state index contributed by atoms with van der Waals surface area (Å²) in [5.41, 5.74) is 0.0208. The predicted octanol–water partition coefficient (Wildman–Crippen LogP) is 5.24. The molecule has 0 unspecified atom stereocenters. The SMILES string of the molecule is Cc1ccc(S(=O)(=O)N2c3ccccc3[C@@H](C(F)(F)F)[C@@H]2C(=O)c2ccc(F)cc2)cc1. The minimum atomic E-state index is -4.91. The number of hydrogen-bond donors (Lipinski definition) is 0. The minimum Gasteiger partial charge on any atom is -0.292 e. The number of nitrogens with zero attached hydrogens (tertiary/aromatic N) is 1. The highest BCUT2D eigenvalue weighted by Gasteiger charge is 2.58. The monoisotopic (exact) mass is 463 g/mol. The maximum absolute atomic E-state index is 14.2. The Morgan fingerprint density at radius 3 is 2.09 bits per heavy atom. The number of halogens is 4. The Morgan fingerprint density at radius 2 is 1.50 bits per heavy atom. The van der Waals surface area contributed by atoms with Crippen LogP contribution in [0.3, 0.4) is 0 Å². The summed E-state index contributed by atoms with van der Waals surface area (Å²) >= 11 is 0. The molecular weight excluding hydrogens is 446 g/mol. The van der Waals surface area contributed by atoms with Gasteiger partial charge in [-0.05, 0) is 55.0 Å². The molecule has 0 radical (unpaired) electrons. The summed E-state index contributed by atoms with van der Waals surface area (Å²) in [5, 5.41) is 0. The molecule has 2 atom stereocenters. The zero-order valence-corrected chi connectivity index (χ0v) is 17.5. The number of ketones is 1. The molecule has 1 aliphatic heterocycles. The van der Waals surface area contributed by atoms with Crippen LogP contribution >= 0.6 is 0 Å². The van der Waals surface area contributed by atoms with E-state index < -0.39 is 39.8 Å². The van der Waals surface area contributed by atoms with Gasteiger partial charge in [0, 0.05) is 5.56 Å². The van der Waals surface area contributed by atoms with Crippen LogP contribution in [-0.4, -0.2) is 26.4 Å². The molecular formula is C23H17F4NO3S. The Bertz CT molecular complexity index is 1270. The van der Waals surface area contributed by atoms with Crippen LogP contribution in [-0.2, 0) is 10.0 Å². The highest BCUT2D eigenvalue weighted by atomic mass is 32.2. The molecule has 0 bridgehead atoms. The zero-order valence-electron chi connectivity index (χ0n) is 16.7. The summed E-state index contributed by atoms with van der Waals surface area (Å²) < 4.78 is 83.6. The first-order valence-corrected chi connectivity index (χ1v) is 11.0. The number of aryl methyl sites for hydroxylation is 1. The van der Waals surface area contributed by atoms with E-state index in [1.807, 2.05) is 0 Å². The van der Waals surface area contributed by atoms with E-state index in [0.29, 0.717) is 4.31 Å². The van der Waals surface area contributed by atoms with E-state index in [2.05, 4.69) is 0 Å². The average Bonchev–Trinajstić information content (AvgIpc) is 3.10. The molecule has 166 valence electrons. The lowest BCUT2D eigenvalue weighted by Gasteiger charge is -2.29. The maximum atomic E-state index is 14.2. The van der Waals surface area contributed by atoms with Gasteiger partial charge in [0.25, 0.3) is 10.0 Å². The molecule has 0 fully saturated rings.